The van der Waals surface area contributed by atoms with Crippen molar-refractivity contribution in [1.29, 1.82) is 0 Å². The first-order valence-corrected chi connectivity index (χ1v) is 19.4. The van der Waals surface area contributed by atoms with Crippen LogP contribution in [0.4, 0.5) is 15.8 Å². The summed E-state index contributed by atoms with van der Waals surface area (Å²) in [5.41, 5.74) is 17.0. The first-order chi connectivity index (χ1) is 27.0. The number of halogens is 2. The van der Waals surface area contributed by atoms with E-state index in [2.05, 4.69) is 42.2 Å². The van der Waals surface area contributed by atoms with Gasteiger partial charge in [-0.3, -0.25) is 0 Å². The Morgan fingerprint density at radius 3 is 2.02 bits per heavy atom. The molecule has 13 nitrogen and oxygen atoms in total. The Bertz CT molecular complexity index is 1860. The van der Waals surface area contributed by atoms with Crippen LogP contribution in [0.25, 0.3) is 16.6 Å². The maximum atomic E-state index is 14.1. The van der Waals surface area contributed by atoms with E-state index < -0.39 is 5.82 Å². The lowest BCUT2D eigenvalue weighted by Crippen LogP contribution is -2.51. The Kier molecular flexibility index (Phi) is 16.3. The SMILES string of the molecule is COCCOCCOCCOCCOCCOCCOc1ccc(-c2cc3c(NC4CC[C@](C)(N)C4(C)C)c(C(N)=Nc4cc(F)ccc4Cl)cnn3c2)cc1. The average Bonchev–Trinajstić information content (AvgIpc) is 3.70. The number of aromatic nitrogens is 2. The molecule has 0 aliphatic heterocycles. The highest BCUT2D eigenvalue weighted by Crippen LogP contribution is 2.46. The molecule has 0 bridgehead atoms. The number of nitrogens with two attached hydrogens (primary N) is 2. The van der Waals surface area contributed by atoms with E-state index >= 15 is 0 Å². The molecule has 1 aliphatic rings. The van der Waals surface area contributed by atoms with E-state index in [4.69, 9.17) is 56.2 Å². The minimum Gasteiger partial charge on any atom is -0.491 e. The molecule has 5 N–H and O–H groups in total. The molecule has 1 unspecified atom stereocenters. The average molecular weight is 799 g/mol. The molecular formula is C41H56ClFN6O7. The topological polar surface area (TPSA) is 158 Å². The second-order valence-electron chi connectivity index (χ2n) is 14.4. The standard InChI is InChI=1S/C41H56ClFN6O7/c1-40(2)37(11-12-41(40,3)45)48-38-33(39(44)47-35-26-31(43)7-10-34(35)42)27-46-49-28-30(25-36(38)49)29-5-8-32(9-6-29)56-24-23-55-22-21-54-20-19-53-18-17-52-16-15-51-14-13-50-4/h5-10,25-28,37,48H,11-24,45H2,1-4H3,(H2,44,47)/t37?,41-/m0/s1. The van der Waals surface area contributed by atoms with Crippen LogP contribution in [0.5, 0.6) is 5.75 Å². The van der Waals surface area contributed by atoms with Gasteiger partial charge in [0.25, 0.3) is 0 Å². The normalized spacial score (nSPS) is 18.2. The molecular weight excluding hydrogens is 743 g/mol. The van der Waals surface area contributed by atoms with Crippen LogP contribution in [0.3, 0.4) is 0 Å². The summed E-state index contributed by atoms with van der Waals surface area (Å²) in [7, 11) is 1.64. The van der Waals surface area contributed by atoms with Crippen LogP contribution in [0.2, 0.25) is 5.02 Å². The first-order valence-electron chi connectivity index (χ1n) is 19.0. The molecule has 0 amide bonds. The first kappa shape index (κ1) is 43.3. The van der Waals surface area contributed by atoms with Crippen LogP contribution in [-0.2, 0) is 28.4 Å². The van der Waals surface area contributed by atoms with Gasteiger partial charge < -0.3 is 49.9 Å². The van der Waals surface area contributed by atoms with Crippen LogP contribution in [0, 0.1) is 11.2 Å². The molecule has 15 heteroatoms. The number of ether oxygens (including phenoxy) is 7. The van der Waals surface area contributed by atoms with Crippen molar-refractivity contribution in [2.75, 3.05) is 91.7 Å². The van der Waals surface area contributed by atoms with Crippen molar-refractivity contribution >= 4 is 34.3 Å². The quantitative estimate of drug-likeness (QED) is 0.0418. The van der Waals surface area contributed by atoms with Gasteiger partial charge in [0.2, 0.25) is 0 Å². The second kappa shape index (κ2) is 21.1. The summed E-state index contributed by atoms with van der Waals surface area (Å²) in [5.74, 6) is 0.424. The maximum absolute atomic E-state index is 14.1. The number of fused-ring (bicyclic) bond motifs is 1. The molecule has 2 aromatic heterocycles. The fourth-order valence-electron chi connectivity index (χ4n) is 6.36. The minimum absolute atomic E-state index is 0.0401. The minimum atomic E-state index is -0.460. The van der Waals surface area contributed by atoms with Crippen LogP contribution in [0.1, 0.15) is 39.2 Å². The number of nitrogens with one attached hydrogen (secondary N) is 1. The van der Waals surface area contributed by atoms with Crippen molar-refractivity contribution in [3.63, 3.8) is 0 Å². The van der Waals surface area contributed by atoms with Crippen molar-refractivity contribution < 1.29 is 37.5 Å². The molecule has 5 rings (SSSR count). The molecule has 1 saturated carbocycles. The maximum Gasteiger partial charge on any atom is 0.135 e. The number of amidine groups is 1. The van der Waals surface area contributed by atoms with E-state index in [1.165, 1.54) is 18.2 Å². The number of methoxy groups -OCH3 is 1. The van der Waals surface area contributed by atoms with Gasteiger partial charge in [0.15, 0.2) is 0 Å². The van der Waals surface area contributed by atoms with E-state index in [9.17, 15) is 4.39 Å². The second-order valence-corrected chi connectivity index (χ2v) is 14.8. The van der Waals surface area contributed by atoms with Crippen molar-refractivity contribution in [2.24, 2.45) is 21.9 Å². The molecule has 4 aromatic rings. The van der Waals surface area contributed by atoms with Crippen molar-refractivity contribution in [1.82, 2.24) is 9.61 Å². The third kappa shape index (κ3) is 11.8. The van der Waals surface area contributed by atoms with Crippen molar-refractivity contribution in [3.05, 3.63) is 77.3 Å². The lowest BCUT2D eigenvalue weighted by molar-refractivity contribution is -0.0159. The van der Waals surface area contributed by atoms with Gasteiger partial charge in [-0.15, -0.1) is 0 Å². The number of nitrogens with zero attached hydrogens (tertiary/aromatic N) is 3. The fourth-order valence-corrected chi connectivity index (χ4v) is 6.52. The van der Waals surface area contributed by atoms with Gasteiger partial charge in [-0.05, 0) is 55.7 Å². The Hall–Kier alpha value is -3.86. The van der Waals surface area contributed by atoms with Crippen LogP contribution in [-0.4, -0.2) is 113 Å². The monoisotopic (exact) mass is 798 g/mol. The molecule has 2 heterocycles. The molecule has 56 heavy (non-hydrogen) atoms. The van der Waals surface area contributed by atoms with Crippen molar-refractivity contribution in [3.8, 4) is 16.9 Å². The highest BCUT2D eigenvalue weighted by molar-refractivity contribution is 6.33. The Labute approximate surface area is 333 Å². The lowest BCUT2D eigenvalue weighted by Gasteiger charge is -2.39. The van der Waals surface area contributed by atoms with Gasteiger partial charge in [0, 0.05) is 41.9 Å². The smallest absolute Gasteiger partial charge is 0.135 e. The molecule has 1 aliphatic carbocycles. The van der Waals surface area contributed by atoms with Gasteiger partial charge >= 0.3 is 0 Å². The third-order valence-corrected chi connectivity index (χ3v) is 10.6. The zero-order valence-corrected chi connectivity index (χ0v) is 33.6. The van der Waals surface area contributed by atoms with E-state index in [0.717, 1.165) is 40.9 Å². The summed E-state index contributed by atoms with van der Waals surface area (Å²) in [5, 5.41) is 8.73. The van der Waals surface area contributed by atoms with Gasteiger partial charge in [0.05, 0.1) is 106 Å². The molecule has 1 fully saturated rings. The van der Waals surface area contributed by atoms with Gasteiger partial charge in [-0.25, -0.2) is 13.9 Å². The summed E-state index contributed by atoms with van der Waals surface area (Å²) < 4.78 is 54.2. The zero-order chi connectivity index (χ0) is 40.0. The molecule has 0 saturated heterocycles. The van der Waals surface area contributed by atoms with E-state index in [1.807, 2.05) is 35.0 Å². The Morgan fingerprint density at radius 1 is 0.857 bits per heavy atom. The molecule has 2 atom stereocenters. The molecule has 2 aromatic carbocycles. The Morgan fingerprint density at radius 2 is 1.45 bits per heavy atom. The van der Waals surface area contributed by atoms with E-state index in [0.29, 0.717) is 84.8 Å². The Balaban J connectivity index is 1.12. The number of rotatable bonds is 24. The number of anilines is 1. The summed E-state index contributed by atoms with van der Waals surface area (Å²) >= 11 is 6.34. The number of hydrogen-bond donors (Lipinski definition) is 3. The highest BCUT2D eigenvalue weighted by Gasteiger charge is 2.49. The lowest BCUT2D eigenvalue weighted by atomic mass is 9.75. The number of hydrogen-bond acceptors (Lipinski definition) is 11. The van der Waals surface area contributed by atoms with E-state index in [-0.39, 0.29) is 33.5 Å². The summed E-state index contributed by atoms with van der Waals surface area (Å²) in [6.45, 7) is 12.4. The van der Waals surface area contributed by atoms with Gasteiger partial charge in [-0.1, -0.05) is 37.6 Å². The zero-order valence-electron chi connectivity index (χ0n) is 32.9. The number of aliphatic imine (C=N–C) groups is 1. The molecule has 306 valence electrons. The van der Waals surface area contributed by atoms with Gasteiger partial charge in [-0.2, -0.15) is 5.10 Å². The fraction of sp³-hybridized carbons (Fsp3) is 0.512. The highest BCUT2D eigenvalue weighted by atomic mass is 35.5. The largest absolute Gasteiger partial charge is 0.491 e. The summed E-state index contributed by atoms with van der Waals surface area (Å²) in [4.78, 5) is 4.51. The van der Waals surface area contributed by atoms with Crippen molar-refractivity contribution in [2.45, 2.75) is 45.2 Å². The number of benzene rings is 2. The third-order valence-electron chi connectivity index (χ3n) is 10.3. The predicted octanol–water partition coefficient (Wildman–Crippen LogP) is 6.26. The predicted molar refractivity (Wildman–Crippen MR) is 217 cm³/mol. The van der Waals surface area contributed by atoms with Gasteiger partial charge in [0.1, 0.15) is 24.0 Å². The summed E-state index contributed by atoms with van der Waals surface area (Å²) in [6, 6.07) is 13.9. The van der Waals surface area contributed by atoms with E-state index in [1.54, 1.807) is 13.3 Å². The van der Waals surface area contributed by atoms with Crippen LogP contribution >= 0.6 is 11.6 Å². The van der Waals surface area contributed by atoms with Crippen LogP contribution < -0.4 is 21.5 Å². The molecule has 0 radical (unpaired) electrons. The molecule has 0 spiro atoms. The van der Waals surface area contributed by atoms with Crippen LogP contribution in [0.15, 0.2) is 65.9 Å². The summed E-state index contributed by atoms with van der Waals surface area (Å²) in [6.07, 6.45) is 5.36.